The fraction of sp³-hybridized carbons (Fsp3) is 0.182. The number of carbonyl (C=O) groups is 1. The van der Waals surface area contributed by atoms with Gasteiger partial charge in [-0.05, 0) is 18.2 Å². The Kier molecular flexibility index (Phi) is 3.00. The first-order chi connectivity index (χ1) is 9.22. The van der Waals surface area contributed by atoms with E-state index in [1.165, 1.54) is 0 Å². The molecule has 0 aliphatic carbocycles. The minimum atomic E-state index is -0.903. The molecule has 0 saturated heterocycles. The molecular weight excluding hydrogens is 270 g/mol. The smallest absolute Gasteiger partial charge is 0.313 e. The van der Waals surface area contributed by atoms with Crippen LogP contribution in [0.3, 0.4) is 0 Å². The van der Waals surface area contributed by atoms with Gasteiger partial charge in [0.05, 0.1) is 5.75 Å². The second-order valence-electron chi connectivity index (χ2n) is 3.72. The molecule has 3 rings (SSSR count). The van der Waals surface area contributed by atoms with Crippen molar-refractivity contribution in [1.29, 1.82) is 0 Å². The highest BCUT2D eigenvalue weighted by Crippen LogP contribution is 2.35. The summed E-state index contributed by atoms with van der Waals surface area (Å²) in [5, 5.41) is 15.7. The van der Waals surface area contributed by atoms with E-state index in [0.29, 0.717) is 22.5 Å². The zero-order valence-corrected chi connectivity index (χ0v) is 10.4. The molecule has 1 aliphatic rings. The van der Waals surface area contributed by atoms with Crippen LogP contribution in [0, 0.1) is 0 Å². The van der Waals surface area contributed by atoms with E-state index in [9.17, 15) is 4.79 Å². The van der Waals surface area contributed by atoms with E-state index in [-0.39, 0.29) is 12.5 Å². The predicted molar refractivity (Wildman–Crippen MR) is 66.3 cm³/mol. The summed E-state index contributed by atoms with van der Waals surface area (Å²) in [6, 6.07) is 5.43. The summed E-state index contributed by atoms with van der Waals surface area (Å²) < 4.78 is 10.5. The topological polar surface area (TPSA) is 97.3 Å². The van der Waals surface area contributed by atoms with E-state index in [1.807, 2.05) is 6.07 Å². The average molecular weight is 279 g/mol. The summed E-state index contributed by atoms with van der Waals surface area (Å²) in [6.07, 6.45) is 0. The third-order valence-electron chi connectivity index (χ3n) is 2.44. The number of carboxylic acid groups (broad SMARTS) is 1. The molecule has 2 aromatic rings. The molecule has 0 atom stereocenters. The van der Waals surface area contributed by atoms with Crippen LogP contribution in [0.1, 0.15) is 0 Å². The Morgan fingerprint density at radius 3 is 3.11 bits per heavy atom. The molecule has 98 valence electrons. The predicted octanol–water partition coefficient (Wildman–Crippen LogP) is 1.38. The van der Waals surface area contributed by atoms with Crippen LogP contribution >= 0.6 is 11.8 Å². The van der Waals surface area contributed by atoms with E-state index < -0.39 is 5.97 Å². The van der Waals surface area contributed by atoms with Gasteiger partial charge in [0.15, 0.2) is 17.3 Å². The van der Waals surface area contributed by atoms with Crippen molar-refractivity contribution in [3.63, 3.8) is 0 Å². The van der Waals surface area contributed by atoms with Crippen molar-refractivity contribution in [3.05, 3.63) is 18.2 Å². The lowest BCUT2D eigenvalue weighted by Gasteiger charge is -1.98. The number of carboxylic acids is 1. The molecule has 7 nitrogen and oxygen atoms in total. The molecule has 2 heterocycles. The number of aliphatic carboxylic acids is 1. The number of aromatic amines is 1. The Labute approximate surface area is 112 Å². The van der Waals surface area contributed by atoms with Gasteiger partial charge in [-0.15, -0.1) is 5.10 Å². The number of thioether (sulfide) groups is 1. The standard InChI is InChI=1S/C11H9N3O4S/c15-9(16)4-19-11-12-10(13-14-11)6-1-2-7-8(3-6)18-5-17-7/h1-3H,4-5H2,(H,15,16)(H,12,13,14). The number of nitrogens with one attached hydrogen (secondary N) is 1. The molecule has 0 spiro atoms. The van der Waals surface area contributed by atoms with Crippen LogP contribution < -0.4 is 9.47 Å². The van der Waals surface area contributed by atoms with Crippen molar-refractivity contribution in [1.82, 2.24) is 15.2 Å². The third kappa shape index (κ3) is 2.48. The normalized spacial score (nSPS) is 12.6. The van der Waals surface area contributed by atoms with E-state index in [0.717, 1.165) is 17.3 Å². The first kappa shape index (κ1) is 11.8. The number of hydrogen-bond donors (Lipinski definition) is 2. The second kappa shape index (κ2) is 4.81. The molecule has 0 saturated carbocycles. The Morgan fingerprint density at radius 1 is 1.42 bits per heavy atom. The van der Waals surface area contributed by atoms with E-state index in [1.54, 1.807) is 12.1 Å². The molecule has 0 radical (unpaired) electrons. The van der Waals surface area contributed by atoms with Crippen molar-refractivity contribution >= 4 is 17.7 Å². The largest absolute Gasteiger partial charge is 0.481 e. The van der Waals surface area contributed by atoms with Crippen molar-refractivity contribution in [3.8, 4) is 22.9 Å². The summed E-state index contributed by atoms with van der Waals surface area (Å²) in [7, 11) is 0. The maximum atomic E-state index is 10.5. The number of H-pyrrole nitrogens is 1. The number of rotatable bonds is 4. The molecule has 2 N–H and O–H groups in total. The van der Waals surface area contributed by atoms with Crippen LogP contribution in [-0.4, -0.2) is 38.8 Å². The molecule has 0 unspecified atom stereocenters. The van der Waals surface area contributed by atoms with Gasteiger partial charge in [-0.3, -0.25) is 9.89 Å². The molecule has 1 aliphatic heterocycles. The Balaban J connectivity index is 1.80. The van der Waals surface area contributed by atoms with Crippen LogP contribution in [-0.2, 0) is 4.79 Å². The van der Waals surface area contributed by atoms with Gasteiger partial charge in [0.25, 0.3) is 0 Å². The van der Waals surface area contributed by atoms with Crippen LogP contribution in [0.2, 0.25) is 0 Å². The van der Waals surface area contributed by atoms with Crippen LogP contribution in [0.4, 0.5) is 0 Å². The second-order valence-corrected chi connectivity index (χ2v) is 4.66. The van der Waals surface area contributed by atoms with Gasteiger partial charge in [-0.2, -0.15) is 0 Å². The monoisotopic (exact) mass is 279 g/mol. The lowest BCUT2D eigenvalue weighted by Crippen LogP contribution is -1.97. The van der Waals surface area contributed by atoms with Gasteiger partial charge in [0, 0.05) is 5.56 Å². The van der Waals surface area contributed by atoms with E-state index in [4.69, 9.17) is 14.6 Å². The highest BCUT2D eigenvalue weighted by molar-refractivity contribution is 7.99. The molecule has 0 fully saturated rings. The lowest BCUT2D eigenvalue weighted by atomic mass is 10.2. The van der Waals surface area contributed by atoms with Crippen molar-refractivity contribution in [2.24, 2.45) is 0 Å². The molecule has 0 bridgehead atoms. The van der Waals surface area contributed by atoms with Crippen LogP contribution in [0.15, 0.2) is 23.4 Å². The minimum absolute atomic E-state index is 0.0710. The third-order valence-corrected chi connectivity index (χ3v) is 3.27. The van der Waals surface area contributed by atoms with Crippen molar-refractivity contribution in [2.75, 3.05) is 12.5 Å². The van der Waals surface area contributed by atoms with Crippen LogP contribution in [0.5, 0.6) is 11.5 Å². The van der Waals surface area contributed by atoms with Gasteiger partial charge < -0.3 is 14.6 Å². The first-order valence-electron chi connectivity index (χ1n) is 5.39. The highest BCUT2D eigenvalue weighted by atomic mass is 32.2. The molecule has 19 heavy (non-hydrogen) atoms. The molecule has 1 aromatic carbocycles. The molecule has 0 amide bonds. The summed E-state index contributed by atoms with van der Waals surface area (Å²) >= 11 is 1.06. The molecular formula is C11H9N3O4S. The number of benzene rings is 1. The zero-order chi connectivity index (χ0) is 13.2. The lowest BCUT2D eigenvalue weighted by molar-refractivity contribution is -0.133. The van der Waals surface area contributed by atoms with E-state index in [2.05, 4.69) is 15.2 Å². The zero-order valence-electron chi connectivity index (χ0n) is 9.62. The highest BCUT2D eigenvalue weighted by Gasteiger charge is 2.15. The number of ether oxygens (including phenoxy) is 2. The summed E-state index contributed by atoms with van der Waals surface area (Å²) in [4.78, 5) is 14.7. The Bertz CT molecular complexity index is 628. The van der Waals surface area contributed by atoms with Gasteiger partial charge in [0.1, 0.15) is 0 Å². The average Bonchev–Trinajstić information content (AvgIpc) is 3.04. The maximum Gasteiger partial charge on any atom is 0.313 e. The summed E-state index contributed by atoms with van der Waals surface area (Å²) in [5.74, 6) is 0.946. The maximum absolute atomic E-state index is 10.5. The summed E-state index contributed by atoms with van der Waals surface area (Å²) in [6.45, 7) is 0.217. The van der Waals surface area contributed by atoms with Gasteiger partial charge in [-0.1, -0.05) is 11.8 Å². The number of aromatic nitrogens is 3. The fourth-order valence-electron chi connectivity index (χ4n) is 1.61. The number of fused-ring (bicyclic) bond motifs is 1. The van der Waals surface area contributed by atoms with Gasteiger partial charge in [-0.25, -0.2) is 4.98 Å². The molecule has 8 heteroatoms. The van der Waals surface area contributed by atoms with Gasteiger partial charge >= 0.3 is 5.97 Å². The first-order valence-corrected chi connectivity index (χ1v) is 6.38. The van der Waals surface area contributed by atoms with Crippen LogP contribution in [0.25, 0.3) is 11.4 Å². The van der Waals surface area contributed by atoms with Crippen molar-refractivity contribution < 1.29 is 19.4 Å². The Hall–Kier alpha value is -2.22. The van der Waals surface area contributed by atoms with E-state index >= 15 is 0 Å². The number of nitrogens with zero attached hydrogens (tertiary/aromatic N) is 2. The SMILES string of the molecule is O=C(O)CSc1n[nH]c(-c2ccc3c(c2)OCO3)n1. The quantitative estimate of drug-likeness (QED) is 0.816. The number of hydrogen-bond acceptors (Lipinski definition) is 6. The van der Waals surface area contributed by atoms with Crippen molar-refractivity contribution in [2.45, 2.75) is 5.16 Å². The fourth-order valence-corrected chi connectivity index (χ4v) is 2.13. The molecule has 1 aromatic heterocycles. The minimum Gasteiger partial charge on any atom is -0.481 e. The van der Waals surface area contributed by atoms with Gasteiger partial charge in [0.2, 0.25) is 11.9 Å². The Morgan fingerprint density at radius 2 is 2.26 bits per heavy atom. The summed E-state index contributed by atoms with van der Waals surface area (Å²) in [5.41, 5.74) is 0.805.